The molecule has 136 valence electrons. The van der Waals surface area contributed by atoms with Crippen molar-refractivity contribution in [1.82, 2.24) is 24.9 Å². The van der Waals surface area contributed by atoms with Crippen LogP contribution in [0.2, 0.25) is 5.02 Å². The van der Waals surface area contributed by atoms with E-state index in [9.17, 15) is 0 Å². The van der Waals surface area contributed by atoms with Crippen LogP contribution >= 0.6 is 23.4 Å². The average molecular weight is 398 g/mol. The van der Waals surface area contributed by atoms with Crippen molar-refractivity contribution in [2.75, 3.05) is 0 Å². The molecule has 2 heterocycles. The molecule has 0 saturated heterocycles. The van der Waals surface area contributed by atoms with Crippen LogP contribution in [0.4, 0.5) is 0 Å². The monoisotopic (exact) mass is 397 g/mol. The Bertz CT molecular complexity index is 1060. The van der Waals surface area contributed by atoms with Crippen LogP contribution in [-0.4, -0.2) is 24.9 Å². The topological polar surface area (TPSA) is 69.6 Å². The van der Waals surface area contributed by atoms with Gasteiger partial charge in [-0.3, -0.25) is 4.57 Å². The Balaban J connectivity index is 1.74. The van der Waals surface area contributed by atoms with Crippen molar-refractivity contribution in [1.29, 1.82) is 0 Å². The maximum absolute atomic E-state index is 6.06. The summed E-state index contributed by atoms with van der Waals surface area (Å²) >= 11 is 7.55. The zero-order valence-corrected chi connectivity index (χ0v) is 16.3. The summed E-state index contributed by atoms with van der Waals surface area (Å²) in [7, 11) is 0. The third kappa shape index (κ3) is 3.89. The fourth-order valence-electron chi connectivity index (χ4n) is 2.60. The molecule has 2 aromatic carbocycles. The molecule has 27 heavy (non-hydrogen) atoms. The molecule has 0 atom stereocenters. The molecule has 0 aliphatic rings. The van der Waals surface area contributed by atoms with Gasteiger partial charge in [-0.1, -0.05) is 58.3 Å². The molecule has 0 fully saturated rings. The molecule has 0 radical (unpaired) electrons. The number of aromatic nitrogens is 5. The summed E-state index contributed by atoms with van der Waals surface area (Å²) in [5.41, 5.74) is 3.12. The third-order valence-electron chi connectivity index (χ3n) is 3.92. The van der Waals surface area contributed by atoms with E-state index in [2.05, 4.69) is 39.4 Å². The van der Waals surface area contributed by atoms with Gasteiger partial charge in [0.05, 0.1) is 5.75 Å². The second-order valence-corrected chi connectivity index (χ2v) is 7.39. The lowest BCUT2D eigenvalue weighted by atomic mass is 10.1. The van der Waals surface area contributed by atoms with E-state index >= 15 is 0 Å². The smallest absolute Gasteiger partial charge is 0.237 e. The van der Waals surface area contributed by atoms with E-state index in [1.165, 1.54) is 17.3 Å². The van der Waals surface area contributed by atoms with Gasteiger partial charge in [-0.15, -0.1) is 10.2 Å². The summed E-state index contributed by atoms with van der Waals surface area (Å²) < 4.78 is 7.20. The molecular formula is C19H16ClN5OS. The molecule has 6 nitrogen and oxygen atoms in total. The first-order chi connectivity index (χ1) is 13.1. The van der Waals surface area contributed by atoms with Gasteiger partial charge in [0, 0.05) is 16.3 Å². The number of aryl methyl sites for hydroxylation is 2. The molecule has 4 rings (SSSR count). The molecule has 0 aliphatic heterocycles. The Hall–Kier alpha value is -2.64. The molecule has 0 saturated carbocycles. The SMILES string of the molecule is Cc1ccc(-c2nnc(SCc3nc(C)no3)n2-c2ccc(Cl)cc2)cc1. The molecule has 0 unspecified atom stereocenters. The number of benzene rings is 2. The first-order valence-electron chi connectivity index (χ1n) is 8.30. The normalized spacial score (nSPS) is 11.1. The molecule has 0 aliphatic carbocycles. The lowest BCUT2D eigenvalue weighted by Gasteiger charge is -2.10. The highest BCUT2D eigenvalue weighted by atomic mass is 35.5. The van der Waals surface area contributed by atoms with Crippen molar-refractivity contribution in [3.63, 3.8) is 0 Å². The van der Waals surface area contributed by atoms with Crippen LogP contribution in [0.3, 0.4) is 0 Å². The molecule has 4 aromatic rings. The molecular weight excluding hydrogens is 382 g/mol. The van der Waals surface area contributed by atoms with E-state index in [4.69, 9.17) is 16.1 Å². The van der Waals surface area contributed by atoms with Gasteiger partial charge in [-0.25, -0.2) is 0 Å². The van der Waals surface area contributed by atoms with Crippen molar-refractivity contribution in [3.8, 4) is 17.1 Å². The zero-order chi connectivity index (χ0) is 18.8. The van der Waals surface area contributed by atoms with Crippen molar-refractivity contribution in [2.24, 2.45) is 0 Å². The minimum Gasteiger partial charge on any atom is -0.338 e. The number of rotatable bonds is 5. The predicted molar refractivity (Wildman–Crippen MR) is 105 cm³/mol. The van der Waals surface area contributed by atoms with E-state index in [1.54, 1.807) is 6.92 Å². The Morgan fingerprint density at radius 3 is 2.41 bits per heavy atom. The molecule has 0 bridgehead atoms. The fourth-order valence-corrected chi connectivity index (χ4v) is 3.52. The predicted octanol–water partition coefficient (Wildman–Crippen LogP) is 4.88. The first kappa shape index (κ1) is 17.8. The second kappa shape index (κ2) is 7.54. The fraction of sp³-hybridized carbons (Fsp3) is 0.158. The van der Waals surface area contributed by atoms with Gasteiger partial charge in [0.15, 0.2) is 16.8 Å². The van der Waals surface area contributed by atoms with E-state index < -0.39 is 0 Å². The van der Waals surface area contributed by atoms with Crippen LogP contribution in [0.25, 0.3) is 17.1 Å². The lowest BCUT2D eigenvalue weighted by molar-refractivity contribution is 0.387. The van der Waals surface area contributed by atoms with E-state index in [-0.39, 0.29) is 0 Å². The zero-order valence-electron chi connectivity index (χ0n) is 14.8. The van der Waals surface area contributed by atoms with Crippen LogP contribution in [-0.2, 0) is 5.75 Å². The number of halogens is 1. The summed E-state index contributed by atoms with van der Waals surface area (Å²) in [6.07, 6.45) is 0. The summed E-state index contributed by atoms with van der Waals surface area (Å²) in [6.45, 7) is 3.85. The standard InChI is InChI=1S/C19H16ClN5OS/c1-12-3-5-14(6-4-12)18-22-23-19(27-11-17-21-13(2)24-26-17)25(18)16-9-7-15(20)8-10-16/h3-10H,11H2,1-2H3. The van der Waals surface area contributed by atoms with Gasteiger partial charge in [0.2, 0.25) is 5.89 Å². The van der Waals surface area contributed by atoms with E-state index in [0.717, 1.165) is 22.2 Å². The van der Waals surface area contributed by atoms with Crippen molar-refractivity contribution in [3.05, 3.63) is 70.8 Å². The van der Waals surface area contributed by atoms with Gasteiger partial charge in [-0.2, -0.15) is 4.98 Å². The van der Waals surface area contributed by atoms with Gasteiger partial charge >= 0.3 is 0 Å². The summed E-state index contributed by atoms with van der Waals surface area (Å²) in [4.78, 5) is 4.24. The summed E-state index contributed by atoms with van der Waals surface area (Å²) in [5, 5.41) is 14.1. The lowest BCUT2D eigenvalue weighted by Crippen LogP contribution is -2.00. The highest BCUT2D eigenvalue weighted by Gasteiger charge is 2.17. The van der Waals surface area contributed by atoms with Crippen molar-refractivity contribution in [2.45, 2.75) is 24.8 Å². The molecule has 0 spiro atoms. The number of thioether (sulfide) groups is 1. The number of hydrogen-bond acceptors (Lipinski definition) is 6. The highest BCUT2D eigenvalue weighted by Crippen LogP contribution is 2.30. The Labute approximate surface area is 165 Å². The van der Waals surface area contributed by atoms with Crippen molar-refractivity contribution < 1.29 is 4.52 Å². The van der Waals surface area contributed by atoms with Crippen LogP contribution in [0.1, 0.15) is 17.3 Å². The highest BCUT2D eigenvalue weighted by molar-refractivity contribution is 7.98. The van der Waals surface area contributed by atoms with Crippen LogP contribution in [0.15, 0.2) is 58.2 Å². The first-order valence-corrected chi connectivity index (χ1v) is 9.67. The Morgan fingerprint density at radius 2 is 1.74 bits per heavy atom. The minimum atomic E-state index is 0.514. The maximum atomic E-state index is 6.06. The average Bonchev–Trinajstić information content (AvgIpc) is 3.27. The summed E-state index contributed by atoms with van der Waals surface area (Å²) in [5.74, 6) is 2.45. The van der Waals surface area contributed by atoms with Crippen LogP contribution in [0.5, 0.6) is 0 Å². The van der Waals surface area contributed by atoms with Gasteiger partial charge < -0.3 is 4.52 Å². The summed E-state index contributed by atoms with van der Waals surface area (Å²) in [6, 6.07) is 15.8. The van der Waals surface area contributed by atoms with E-state index in [0.29, 0.717) is 22.5 Å². The maximum Gasteiger partial charge on any atom is 0.237 e. The Kier molecular flexibility index (Phi) is 4.96. The van der Waals surface area contributed by atoms with Gasteiger partial charge in [0.1, 0.15) is 0 Å². The van der Waals surface area contributed by atoms with Gasteiger partial charge in [0.25, 0.3) is 0 Å². The van der Waals surface area contributed by atoms with Crippen LogP contribution in [0, 0.1) is 13.8 Å². The quantitative estimate of drug-likeness (QED) is 0.447. The number of hydrogen-bond donors (Lipinski definition) is 0. The second-order valence-electron chi connectivity index (χ2n) is 6.01. The van der Waals surface area contributed by atoms with Gasteiger partial charge in [-0.05, 0) is 38.1 Å². The molecule has 2 aromatic heterocycles. The van der Waals surface area contributed by atoms with Crippen molar-refractivity contribution >= 4 is 23.4 Å². The molecule has 8 heteroatoms. The number of nitrogens with zero attached hydrogens (tertiary/aromatic N) is 5. The van der Waals surface area contributed by atoms with E-state index in [1.807, 2.05) is 41.0 Å². The van der Waals surface area contributed by atoms with Crippen LogP contribution < -0.4 is 0 Å². The Morgan fingerprint density at radius 1 is 1.00 bits per heavy atom. The molecule has 0 N–H and O–H groups in total. The molecule has 0 amide bonds. The third-order valence-corrected chi connectivity index (χ3v) is 5.09. The largest absolute Gasteiger partial charge is 0.338 e. The minimum absolute atomic E-state index is 0.514.